The van der Waals surface area contributed by atoms with Crippen LogP contribution in [-0.2, 0) is 11.3 Å². The van der Waals surface area contributed by atoms with Crippen LogP contribution in [-0.4, -0.2) is 27.2 Å². The van der Waals surface area contributed by atoms with E-state index in [1.54, 1.807) is 12.4 Å². The molecule has 112 valence electrons. The molecule has 0 aliphatic carbocycles. The minimum Gasteiger partial charge on any atom is -0.354 e. The molecule has 0 saturated carbocycles. The van der Waals surface area contributed by atoms with Crippen molar-refractivity contribution in [1.82, 2.24) is 20.1 Å². The third-order valence-corrected chi connectivity index (χ3v) is 3.39. The van der Waals surface area contributed by atoms with Crippen LogP contribution in [0.1, 0.15) is 30.7 Å². The summed E-state index contributed by atoms with van der Waals surface area (Å²) in [5.41, 5.74) is 0.833. The minimum absolute atomic E-state index is 0.0163. The summed E-state index contributed by atoms with van der Waals surface area (Å²) in [6.45, 7) is 4.94. The Hall–Kier alpha value is -2.24. The van der Waals surface area contributed by atoms with Gasteiger partial charge in [-0.1, -0.05) is 19.1 Å². The zero-order chi connectivity index (χ0) is 15.2. The van der Waals surface area contributed by atoms with Crippen molar-refractivity contribution in [2.24, 2.45) is 0 Å². The van der Waals surface area contributed by atoms with Crippen LogP contribution >= 0.6 is 0 Å². The van der Waals surface area contributed by atoms with Gasteiger partial charge in [0.1, 0.15) is 18.0 Å². The molecule has 0 aliphatic heterocycles. The summed E-state index contributed by atoms with van der Waals surface area (Å²) < 4.78 is 15.0. The number of nitrogens with zero attached hydrogens (tertiary/aromatic N) is 3. The number of hydrogen-bond acceptors (Lipinski definition) is 3. The molecule has 0 fully saturated rings. The number of amides is 1. The number of carbonyl (C=O) groups excluding carboxylic acids is 1. The molecule has 2 rings (SSSR count). The Bertz CT molecular complexity index is 611. The van der Waals surface area contributed by atoms with Crippen molar-refractivity contribution in [2.45, 2.75) is 32.7 Å². The van der Waals surface area contributed by atoms with Crippen molar-refractivity contribution >= 4 is 5.91 Å². The second-order valence-corrected chi connectivity index (χ2v) is 5.08. The number of aromatic nitrogens is 3. The van der Waals surface area contributed by atoms with Crippen molar-refractivity contribution in [3.05, 3.63) is 47.8 Å². The number of rotatable bonds is 6. The molecule has 0 aliphatic rings. The summed E-state index contributed by atoms with van der Waals surface area (Å²) in [5.74, 6) is 0.482. The first-order chi connectivity index (χ1) is 10.1. The number of hydrogen-bond donors (Lipinski definition) is 1. The lowest BCUT2D eigenvalue weighted by atomic mass is 9.97. The van der Waals surface area contributed by atoms with E-state index in [9.17, 15) is 9.18 Å². The lowest BCUT2D eigenvalue weighted by Gasteiger charge is -2.12. The van der Waals surface area contributed by atoms with Gasteiger partial charge >= 0.3 is 0 Å². The summed E-state index contributed by atoms with van der Waals surface area (Å²) in [6, 6.07) is 6.37. The molecule has 1 aromatic carbocycles. The van der Waals surface area contributed by atoms with Gasteiger partial charge in [-0.2, -0.15) is 0 Å². The zero-order valence-electron chi connectivity index (χ0n) is 12.2. The first-order valence-corrected chi connectivity index (χ1v) is 6.93. The highest BCUT2D eigenvalue weighted by Crippen LogP contribution is 2.19. The van der Waals surface area contributed by atoms with Crippen LogP contribution in [0.5, 0.6) is 0 Å². The molecule has 0 unspecified atom stereocenters. The highest BCUT2D eigenvalue weighted by atomic mass is 19.1. The average Bonchev–Trinajstić information content (AvgIpc) is 2.84. The van der Waals surface area contributed by atoms with E-state index in [1.165, 1.54) is 12.1 Å². The molecule has 1 amide bonds. The van der Waals surface area contributed by atoms with Gasteiger partial charge in [-0.3, -0.25) is 4.79 Å². The van der Waals surface area contributed by atoms with Gasteiger partial charge in [0.25, 0.3) is 0 Å². The average molecular weight is 290 g/mol. The molecule has 0 bridgehead atoms. The molecule has 1 N–H and O–H groups in total. The Labute approximate surface area is 123 Å². The largest absolute Gasteiger partial charge is 0.354 e. The molecule has 1 atom stereocenters. The normalized spacial score (nSPS) is 12.1. The molecule has 0 radical (unpaired) electrons. The summed E-state index contributed by atoms with van der Waals surface area (Å²) >= 11 is 0. The Kier molecular flexibility index (Phi) is 5.03. The van der Waals surface area contributed by atoms with Crippen molar-refractivity contribution in [1.29, 1.82) is 0 Å². The quantitative estimate of drug-likeness (QED) is 0.885. The van der Waals surface area contributed by atoms with E-state index in [2.05, 4.69) is 15.5 Å². The number of aryl methyl sites for hydroxylation is 1. The van der Waals surface area contributed by atoms with Gasteiger partial charge in [0, 0.05) is 19.5 Å². The van der Waals surface area contributed by atoms with Gasteiger partial charge in [0.2, 0.25) is 5.91 Å². The van der Waals surface area contributed by atoms with E-state index < -0.39 is 0 Å². The lowest BCUT2D eigenvalue weighted by Crippen LogP contribution is -2.28. The summed E-state index contributed by atoms with van der Waals surface area (Å²) in [5, 5.41) is 10.5. The summed E-state index contributed by atoms with van der Waals surface area (Å²) in [4.78, 5) is 11.9. The first kappa shape index (κ1) is 15.2. The molecular weight excluding hydrogens is 271 g/mol. The minimum atomic E-state index is -0.275. The van der Waals surface area contributed by atoms with Gasteiger partial charge in [-0.05, 0) is 30.5 Å². The van der Waals surface area contributed by atoms with Gasteiger partial charge in [-0.15, -0.1) is 10.2 Å². The van der Waals surface area contributed by atoms with E-state index in [1.807, 2.05) is 24.5 Å². The monoisotopic (exact) mass is 290 g/mol. The predicted octanol–water partition coefficient (Wildman–Crippen LogP) is 2.04. The molecule has 5 nitrogen and oxygen atoms in total. The Morgan fingerprint density at radius 2 is 2.29 bits per heavy atom. The van der Waals surface area contributed by atoms with E-state index in [0.29, 0.717) is 19.5 Å². The van der Waals surface area contributed by atoms with E-state index in [0.717, 1.165) is 11.4 Å². The van der Waals surface area contributed by atoms with E-state index >= 15 is 0 Å². The molecule has 2 aromatic rings. The van der Waals surface area contributed by atoms with Crippen LogP contribution in [0, 0.1) is 12.7 Å². The Balaban J connectivity index is 1.78. The lowest BCUT2D eigenvalue weighted by molar-refractivity contribution is -0.121. The predicted molar refractivity (Wildman–Crippen MR) is 77.2 cm³/mol. The smallest absolute Gasteiger partial charge is 0.220 e. The molecular formula is C15H19FN4O. The van der Waals surface area contributed by atoms with Gasteiger partial charge in [0.15, 0.2) is 0 Å². The fraction of sp³-hybridized carbons (Fsp3) is 0.400. The maximum atomic E-state index is 13.1. The molecule has 1 aromatic heterocycles. The third-order valence-electron chi connectivity index (χ3n) is 3.39. The third kappa shape index (κ3) is 4.37. The summed E-state index contributed by atoms with van der Waals surface area (Å²) in [6.07, 6.45) is 1.97. The highest BCUT2D eigenvalue weighted by molar-refractivity contribution is 5.76. The summed E-state index contributed by atoms with van der Waals surface area (Å²) in [7, 11) is 0. The fourth-order valence-electron chi connectivity index (χ4n) is 2.13. The van der Waals surface area contributed by atoms with Crippen LogP contribution in [0.3, 0.4) is 0 Å². The molecule has 1 heterocycles. The van der Waals surface area contributed by atoms with Crippen LogP contribution < -0.4 is 5.32 Å². The molecule has 21 heavy (non-hydrogen) atoms. The van der Waals surface area contributed by atoms with Crippen molar-refractivity contribution in [3.63, 3.8) is 0 Å². The second kappa shape index (κ2) is 6.97. The fourth-order valence-corrected chi connectivity index (χ4v) is 2.13. The van der Waals surface area contributed by atoms with Gasteiger partial charge < -0.3 is 9.88 Å². The topological polar surface area (TPSA) is 59.8 Å². The van der Waals surface area contributed by atoms with Crippen LogP contribution in [0.2, 0.25) is 0 Å². The van der Waals surface area contributed by atoms with Crippen molar-refractivity contribution < 1.29 is 9.18 Å². The maximum absolute atomic E-state index is 13.1. The molecule has 0 saturated heterocycles. The SMILES string of the molecule is Cc1nncn1CCNC(=O)C[C@H](C)c1cccc(F)c1. The molecule has 6 heteroatoms. The number of halogens is 1. The first-order valence-electron chi connectivity index (χ1n) is 6.93. The van der Waals surface area contributed by atoms with Crippen molar-refractivity contribution in [3.8, 4) is 0 Å². The van der Waals surface area contributed by atoms with Crippen LogP contribution in [0.15, 0.2) is 30.6 Å². The zero-order valence-corrected chi connectivity index (χ0v) is 12.2. The maximum Gasteiger partial charge on any atom is 0.220 e. The molecule has 0 spiro atoms. The number of benzene rings is 1. The Morgan fingerprint density at radius 1 is 1.48 bits per heavy atom. The van der Waals surface area contributed by atoms with Crippen molar-refractivity contribution in [2.75, 3.05) is 6.54 Å². The Morgan fingerprint density at radius 3 is 2.95 bits per heavy atom. The van der Waals surface area contributed by atoms with Gasteiger partial charge in [0.05, 0.1) is 0 Å². The van der Waals surface area contributed by atoms with Crippen LogP contribution in [0.4, 0.5) is 4.39 Å². The second-order valence-electron chi connectivity index (χ2n) is 5.08. The van der Waals surface area contributed by atoms with Crippen LogP contribution in [0.25, 0.3) is 0 Å². The number of carbonyl (C=O) groups is 1. The standard InChI is InChI=1S/C15H19FN4O/c1-11(13-4-3-5-14(16)9-13)8-15(21)17-6-7-20-10-18-19-12(20)2/h3-5,9-11H,6-8H2,1-2H3,(H,17,21)/t11-/m0/s1. The van der Waals surface area contributed by atoms with Gasteiger partial charge in [-0.25, -0.2) is 4.39 Å². The number of nitrogens with one attached hydrogen (secondary N) is 1. The van der Waals surface area contributed by atoms with E-state index in [-0.39, 0.29) is 17.6 Å². The van der Waals surface area contributed by atoms with E-state index in [4.69, 9.17) is 0 Å². The highest BCUT2D eigenvalue weighted by Gasteiger charge is 2.11.